The number of pyridine rings is 2. The molecule has 0 saturated carbocycles. The van der Waals surface area contributed by atoms with Crippen LogP contribution in [0.4, 0.5) is 0 Å². The third kappa shape index (κ3) is 15.6. The zero-order valence-electron chi connectivity index (χ0n) is 34.6. The molecule has 276 valence electrons. The standard InChI is InChI=1S/C35H46N3O2S.4C2H6.Rb/c1-11-27(12-2)33-29(14-4)26(10)37(35(40)31(33)16-6)20-19-36-18-17-22-41-23-21-38-25(9)28(13-3)32(24(7)8)30(15-5)34(38)39;4*1-2;/h11,13-16H,1,3,7,9-10,12,17-23H2,2,4-6,8H3;4*1-2H3;/q-1;;;;;+1/b29-14-,30-15+,31-16+,33-27+;;;;;. The average Bonchev–Trinajstić information content (AvgIpc) is 3.13. The number of rotatable bonds is 14. The van der Waals surface area contributed by atoms with E-state index < -0.39 is 0 Å². The van der Waals surface area contributed by atoms with E-state index in [1.807, 2.05) is 107 Å². The number of hydrogen-bond acceptors (Lipinski definition) is 3. The van der Waals surface area contributed by atoms with Crippen molar-refractivity contribution < 1.29 is 58.2 Å². The van der Waals surface area contributed by atoms with Gasteiger partial charge in [-0.05, 0) is 61.8 Å². The fraction of sp³-hybridized carbons (Fsp3) is 0.488. The van der Waals surface area contributed by atoms with Gasteiger partial charge in [0.15, 0.2) is 0 Å². The topological polar surface area (TPSA) is 58.1 Å². The van der Waals surface area contributed by atoms with E-state index in [0.29, 0.717) is 35.4 Å². The molecular formula is C43H70N3O2RbS. The summed E-state index contributed by atoms with van der Waals surface area (Å²) in [5.41, 5.74) is 3.51. The van der Waals surface area contributed by atoms with Crippen LogP contribution in [0, 0.1) is 0 Å². The molecule has 0 radical (unpaired) electrons. The van der Waals surface area contributed by atoms with E-state index in [9.17, 15) is 9.59 Å². The molecule has 0 unspecified atom stereocenters. The minimum Gasteiger partial charge on any atom is -0.661 e. The third-order valence-corrected chi connectivity index (χ3v) is 8.34. The smallest absolute Gasteiger partial charge is 0.661 e. The van der Waals surface area contributed by atoms with E-state index in [1.54, 1.807) is 27.0 Å². The first-order chi connectivity index (χ1) is 23.6. The summed E-state index contributed by atoms with van der Waals surface area (Å²) in [6.07, 6.45) is 11.1. The largest absolute Gasteiger partial charge is 1.00 e. The number of allylic oxidation sites excluding steroid dienone is 2. The first-order valence-corrected chi connectivity index (χ1v) is 19.4. The van der Waals surface area contributed by atoms with Gasteiger partial charge in [0.2, 0.25) is 0 Å². The minimum atomic E-state index is -0.0364. The summed E-state index contributed by atoms with van der Waals surface area (Å²) in [4.78, 5) is 26.5. The molecule has 2 rings (SSSR count). The normalized spacial score (nSPS) is 11.6. The van der Waals surface area contributed by atoms with E-state index in [2.05, 4.69) is 45.1 Å². The molecule has 0 fully saturated rings. The Hall–Kier alpha value is -1.54. The van der Waals surface area contributed by atoms with E-state index >= 15 is 0 Å². The molecule has 0 bridgehead atoms. The van der Waals surface area contributed by atoms with Crippen LogP contribution in [0.15, 0.2) is 35.4 Å². The molecule has 5 nitrogen and oxygen atoms in total. The predicted molar refractivity (Wildman–Crippen MR) is 230 cm³/mol. The van der Waals surface area contributed by atoms with Crippen molar-refractivity contribution in [2.75, 3.05) is 24.6 Å². The van der Waals surface area contributed by atoms with Crippen molar-refractivity contribution in [2.24, 2.45) is 0 Å². The second-order valence-electron chi connectivity index (χ2n) is 9.78. The van der Waals surface area contributed by atoms with Crippen molar-refractivity contribution in [1.29, 1.82) is 0 Å². The maximum absolute atomic E-state index is 13.3. The maximum Gasteiger partial charge on any atom is 1.00 e. The van der Waals surface area contributed by atoms with Gasteiger partial charge < -0.3 is 14.5 Å². The first kappa shape index (κ1) is 55.2. The van der Waals surface area contributed by atoms with Crippen LogP contribution in [0.1, 0.15) is 114 Å². The summed E-state index contributed by atoms with van der Waals surface area (Å²) in [5, 5.41) is 9.34. The predicted octanol–water partition coefficient (Wildman–Crippen LogP) is 3.96. The Balaban J connectivity index is -0.00000109. The first-order valence-electron chi connectivity index (χ1n) is 18.3. The molecule has 0 aliphatic rings. The minimum absolute atomic E-state index is 0. The van der Waals surface area contributed by atoms with Crippen LogP contribution in [0.2, 0.25) is 0 Å². The second-order valence-corrected chi connectivity index (χ2v) is 11.0. The van der Waals surface area contributed by atoms with Crippen molar-refractivity contribution in [3.8, 4) is 0 Å². The van der Waals surface area contributed by atoms with Crippen LogP contribution in [-0.2, 0) is 13.1 Å². The Morgan fingerprint density at radius 3 is 1.70 bits per heavy atom. The summed E-state index contributed by atoms with van der Waals surface area (Å²) in [5.74, 6) is 1.74. The summed E-state index contributed by atoms with van der Waals surface area (Å²) in [6, 6.07) is 0. The van der Waals surface area contributed by atoms with Gasteiger partial charge in [-0.3, -0.25) is 9.59 Å². The molecule has 0 amide bonds. The molecule has 0 spiro atoms. The number of aromatic nitrogens is 2. The van der Waals surface area contributed by atoms with E-state index in [-0.39, 0.29) is 69.3 Å². The Labute approximate surface area is 358 Å². The molecule has 0 N–H and O–H groups in total. The molecule has 2 aromatic heterocycles. The Morgan fingerprint density at radius 2 is 1.26 bits per heavy atom. The van der Waals surface area contributed by atoms with Gasteiger partial charge >= 0.3 is 58.2 Å². The average molecular weight is 779 g/mol. The SMILES string of the molecule is C=C/C(CC)=c1c(=C\C)/c(=C)n(CC[N-]CCCSCCn2c(=C)c(C=C)c(C(=C)C)/c(=C\C)c2=O)c(=O)c/1=C/C.CC.CC.CC.CC.[Rb+]. The molecule has 7 heteroatoms. The fourth-order valence-electron chi connectivity index (χ4n) is 5.21. The maximum atomic E-state index is 13.3. The van der Waals surface area contributed by atoms with Crippen molar-refractivity contribution >= 4 is 60.4 Å². The van der Waals surface area contributed by atoms with Crippen LogP contribution in [0.3, 0.4) is 0 Å². The molecular weight excluding hydrogens is 708 g/mol. The molecule has 0 saturated heterocycles. The zero-order valence-corrected chi connectivity index (χ0v) is 40.4. The number of thioether (sulfide) groups is 1. The van der Waals surface area contributed by atoms with Crippen LogP contribution in [0.5, 0.6) is 0 Å². The van der Waals surface area contributed by atoms with Gasteiger partial charge in [0.1, 0.15) is 0 Å². The van der Waals surface area contributed by atoms with E-state index in [0.717, 1.165) is 69.0 Å². The van der Waals surface area contributed by atoms with Gasteiger partial charge in [-0.1, -0.05) is 132 Å². The van der Waals surface area contributed by atoms with Crippen LogP contribution < -0.4 is 101 Å². The van der Waals surface area contributed by atoms with E-state index in [1.165, 1.54) is 0 Å². The Morgan fingerprint density at radius 1 is 0.760 bits per heavy atom. The quantitative estimate of drug-likeness (QED) is 0.273. The van der Waals surface area contributed by atoms with Gasteiger partial charge in [-0.15, -0.1) is 13.1 Å². The summed E-state index contributed by atoms with van der Waals surface area (Å²) >= 11 is 1.80. The van der Waals surface area contributed by atoms with Crippen LogP contribution in [-0.4, -0.2) is 33.7 Å². The fourth-order valence-corrected chi connectivity index (χ4v) is 6.06. The molecule has 2 aromatic rings. The molecule has 0 aromatic carbocycles. The summed E-state index contributed by atoms with van der Waals surface area (Å²) < 4.78 is 3.49. The molecule has 50 heavy (non-hydrogen) atoms. The molecule has 2 heterocycles. The third-order valence-electron chi connectivity index (χ3n) is 7.29. The second kappa shape index (κ2) is 33.3. The Bertz CT molecular complexity index is 1730. The van der Waals surface area contributed by atoms with Gasteiger partial charge in [0.25, 0.3) is 11.1 Å². The summed E-state index contributed by atoms with van der Waals surface area (Å²) in [7, 11) is 0. The molecule has 0 aliphatic heterocycles. The van der Waals surface area contributed by atoms with E-state index in [4.69, 9.17) is 0 Å². The molecule has 0 atom stereocenters. The molecule has 0 aliphatic carbocycles. The number of hydrogen-bond donors (Lipinski definition) is 0. The monoisotopic (exact) mass is 777 g/mol. The van der Waals surface area contributed by atoms with Gasteiger partial charge in [0.05, 0.1) is 0 Å². The van der Waals surface area contributed by atoms with Crippen molar-refractivity contribution in [3.05, 3.63) is 94.5 Å². The number of nitrogens with zero attached hydrogens (tertiary/aromatic N) is 3. The van der Waals surface area contributed by atoms with Gasteiger partial charge in [-0.2, -0.15) is 11.8 Å². The zero-order chi connectivity index (χ0) is 38.7. The van der Waals surface area contributed by atoms with Crippen molar-refractivity contribution in [1.82, 2.24) is 9.13 Å². The van der Waals surface area contributed by atoms with Gasteiger partial charge in [-0.25, -0.2) is 0 Å². The Kier molecular flexibility index (Phi) is 36.8. The van der Waals surface area contributed by atoms with Crippen LogP contribution >= 0.6 is 11.8 Å². The van der Waals surface area contributed by atoms with Gasteiger partial charge in [0, 0.05) is 50.8 Å². The van der Waals surface area contributed by atoms with Crippen molar-refractivity contribution in [2.45, 2.75) is 116 Å². The summed E-state index contributed by atoms with van der Waals surface area (Å²) in [6.45, 7) is 48.4. The van der Waals surface area contributed by atoms with Crippen LogP contribution in [0.25, 0.3) is 53.9 Å². The van der Waals surface area contributed by atoms with Crippen molar-refractivity contribution in [3.63, 3.8) is 0 Å².